The third-order valence-electron chi connectivity index (χ3n) is 5.40. The van der Waals surface area contributed by atoms with Crippen LogP contribution in [0, 0.1) is 5.92 Å². The molecule has 0 spiro atoms. The number of hydrogen-bond donors (Lipinski definition) is 2. The second-order valence-corrected chi connectivity index (χ2v) is 9.50. The van der Waals surface area contributed by atoms with E-state index >= 15 is 0 Å². The Balaban J connectivity index is 1.49. The van der Waals surface area contributed by atoms with Crippen molar-refractivity contribution >= 4 is 26.8 Å². The van der Waals surface area contributed by atoms with E-state index in [0.29, 0.717) is 24.1 Å². The number of hydrogen-bond acceptors (Lipinski definition) is 5. The van der Waals surface area contributed by atoms with Gasteiger partial charge in [-0.05, 0) is 31.2 Å². The highest BCUT2D eigenvalue weighted by Gasteiger charge is 2.37. The van der Waals surface area contributed by atoms with Crippen molar-refractivity contribution in [3.05, 3.63) is 24.3 Å². The lowest BCUT2D eigenvalue weighted by atomic mass is 9.97. The Morgan fingerprint density at radius 3 is 2.86 bits per heavy atom. The molecule has 3 aromatic rings. The van der Waals surface area contributed by atoms with Crippen LogP contribution < -0.4 is 4.72 Å². The molecular formula is C17H21F3N6O2S. The van der Waals surface area contributed by atoms with Gasteiger partial charge in [0.15, 0.2) is 11.3 Å². The van der Waals surface area contributed by atoms with E-state index in [9.17, 15) is 21.6 Å². The number of sulfonamides is 1. The summed E-state index contributed by atoms with van der Waals surface area (Å²) in [5.41, 5.74) is 2.15. The molecule has 29 heavy (non-hydrogen) atoms. The topological polar surface area (TPSA) is 105 Å². The number of nitrogens with zero attached hydrogens (tertiary/aromatic N) is 4. The van der Waals surface area contributed by atoms with Crippen molar-refractivity contribution in [2.45, 2.75) is 50.7 Å². The van der Waals surface area contributed by atoms with E-state index in [1.54, 1.807) is 12.4 Å². The van der Waals surface area contributed by atoms with Crippen LogP contribution in [0.25, 0.3) is 16.8 Å². The van der Waals surface area contributed by atoms with Gasteiger partial charge in [-0.2, -0.15) is 13.2 Å². The number of nitrogens with one attached hydrogen (secondary N) is 2. The second-order valence-electron chi connectivity index (χ2n) is 7.63. The number of aromatic amines is 1. The van der Waals surface area contributed by atoms with Crippen molar-refractivity contribution in [2.24, 2.45) is 5.92 Å². The van der Waals surface area contributed by atoms with Gasteiger partial charge in [-0.3, -0.25) is 4.40 Å². The second kappa shape index (κ2) is 7.24. The van der Waals surface area contributed by atoms with Crippen LogP contribution in [-0.2, 0) is 10.0 Å². The summed E-state index contributed by atoms with van der Waals surface area (Å²) in [5.74, 6) is 0.296. The highest BCUT2D eigenvalue weighted by molar-refractivity contribution is 7.89. The average Bonchev–Trinajstić information content (AvgIpc) is 3.29. The smallest absolute Gasteiger partial charge is 0.345 e. The number of rotatable bonds is 6. The van der Waals surface area contributed by atoms with Gasteiger partial charge in [0.05, 0.1) is 17.5 Å². The molecule has 0 saturated heterocycles. The van der Waals surface area contributed by atoms with Crippen molar-refractivity contribution in [2.75, 3.05) is 5.75 Å². The van der Waals surface area contributed by atoms with Crippen LogP contribution in [-0.4, -0.2) is 51.0 Å². The van der Waals surface area contributed by atoms with Gasteiger partial charge in [0.2, 0.25) is 10.0 Å². The fraction of sp³-hybridized carbons (Fsp3) is 0.588. The van der Waals surface area contributed by atoms with Crippen molar-refractivity contribution < 1.29 is 21.6 Å². The lowest BCUT2D eigenvalue weighted by molar-refractivity contribution is -0.134. The van der Waals surface area contributed by atoms with Gasteiger partial charge in [0.1, 0.15) is 5.82 Å². The first-order chi connectivity index (χ1) is 13.6. The number of fused-ring (bicyclic) bond motifs is 3. The fourth-order valence-electron chi connectivity index (χ4n) is 4.12. The first-order valence-electron chi connectivity index (χ1n) is 9.37. The summed E-state index contributed by atoms with van der Waals surface area (Å²) in [7, 11) is -3.78. The quantitative estimate of drug-likeness (QED) is 0.626. The Labute approximate surface area is 165 Å². The third kappa shape index (κ3) is 4.22. The molecule has 1 aliphatic rings. The number of aromatic nitrogens is 5. The zero-order valence-corrected chi connectivity index (χ0v) is 16.5. The third-order valence-corrected chi connectivity index (χ3v) is 6.92. The van der Waals surface area contributed by atoms with E-state index < -0.39 is 34.8 Å². The van der Waals surface area contributed by atoms with Crippen LogP contribution in [0.3, 0.4) is 0 Å². The van der Waals surface area contributed by atoms with E-state index in [1.807, 2.05) is 17.4 Å². The zero-order valence-electron chi connectivity index (χ0n) is 15.6. The molecule has 158 valence electrons. The number of halogens is 3. The summed E-state index contributed by atoms with van der Waals surface area (Å²) in [5, 5.41) is 8.50. The summed E-state index contributed by atoms with van der Waals surface area (Å²) in [4.78, 5) is 7.33. The Morgan fingerprint density at radius 2 is 2.10 bits per heavy atom. The van der Waals surface area contributed by atoms with Crippen LogP contribution in [0.15, 0.2) is 18.5 Å². The summed E-state index contributed by atoms with van der Waals surface area (Å²) in [6.45, 7) is 2.01. The standard InChI is InChI=1S/C17H21F3N6O2S/c1-10-7-11(25-29(27,28)6-2-4-17(18,19)20)8-12(10)16-24-23-14-9-22-15-13(26(14)16)3-5-21-15/h3,5,9-12,21,25H,2,4,6-8H2,1H3/t10-,11+,12+/m1/s1. The molecule has 0 bridgehead atoms. The van der Waals surface area contributed by atoms with Gasteiger partial charge < -0.3 is 4.98 Å². The Morgan fingerprint density at radius 1 is 1.31 bits per heavy atom. The van der Waals surface area contributed by atoms with Gasteiger partial charge >= 0.3 is 6.18 Å². The molecule has 8 nitrogen and oxygen atoms in total. The number of alkyl halides is 3. The van der Waals surface area contributed by atoms with E-state index in [1.165, 1.54) is 0 Å². The first-order valence-corrected chi connectivity index (χ1v) is 11.0. The van der Waals surface area contributed by atoms with Crippen LogP contribution in [0.2, 0.25) is 0 Å². The highest BCUT2D eigenvalue weighted by Crippen LogP contribution is 2.39. The van der Waals surface area contributed by atoms with Gasteiger partial charge in [-0.25, -0.2) is 18.1 Å². The van der Waals surface area contributed by atoms with Gasteiger partial charge in [0.25, 0.3) is 0 Å². The molecule has 2 N–H and O–H groups in total. The van der Waals surface area contributed by atoms with Crippen LogP contribution in [0.5, 0.6) is 0 Å². The summed E-state index contributed by atoms with van der Waals surface area (Å²) in [6, 6.07) is 1.53. The van der Waals surface area contributed by atoms with Crippen molar-refractivity contribution in [3.8, 4) is 0 Å². The SMILES string of the molecule is C[C@@H]1C[C@H](NS(=O)(=O)CCCC(F)(F)F)C[C@@H]1c1nnc2cnc3[nH]ccc3n12. The van der Waals surface area contributed by atoms with Crippen molar-refractivity contribution in [1.29, 1.82) is 0 Å². The van der Waals surface area contributed by atoms with Crippen molar-refractivity contribution in [3.63, 3.8) is 0 Å². The molecule has 0 unspecified atom stereocenters. The largest absolute Gasteiger partial charge is 0.389 e. The number of H-pyrrole nitrogens is 1. The molecule has 1 fully saturated rings. The predicted octanol–water partition coefficient (Wildman–Crippen LogP) is 2.75. The molecule has 12 heteroatoms. The Kier molecular flexibility index (Phi) is 5.01. The Bertz CT molecular complexity index is 1120. The maximum absolute atomic E-state index is 12.3. The summed E-state index contributed by atoms with van der Waals surface area (Å²) >= 11 is 0. The lowest BCUT2D eigenvalue weighted by Gasteiger charge is -2.14. The predicted molar refractivity (Wildman–Crippen MR) is 99.8 cm³/mol. The average molecular weight is 430 g/mol. The van der Waals surface area contributed by atoms with Crippen LogP contribution in [0.1, 0.15) is 44.3 Å². The van der Waals surface area contributed by atoms with Crippen LogP contribution >= 0.6 is 0 Å². The van der Waals surface area contributed by atoms with E-state index in [-0.39, 0.29) is 17.9 Å². The summed E-state index contributed by atoms with van der Waals surface area (Å²) < 4.78 is 65.7. The highest BCUT2D eigenvalue weighted by atomic mass is 32.2. The van der Waals surface area contributed by atoms with E-state index in [2.05, 4.69) is 24.9 Å². The minimum atomic E-state index is -4.35. The van der Waals surface area contributed by atoms with Gasteiger partial charge in [0, 0.05) is 24.6 Å². The van der Waals surface area contributed by atoms with Gasteiger partial charge in [-0.15, -0.1) is 10.2 Å². The molecule has 3 atom stereocenters. The van der Waals surface area contributed by atoms with Gasteiger partial charge in [-0.1, -0.05) is 6.92 Å². The normalized spacial score (nSPS) is 23.4. The minimum Gasteiger partial charge on any atom is -0.345 e. The molecule has 0 radical (unpaired) electrons. The Hall–Kier alpha value is -2.21. The van der Waals surface area contributed by atoms with Crippen molar-refractivity contribution in [1.82, 2.24) is 29.3 Å². The lowest BCUT2D eigenvalue weighted by Crippen LogP contribution is -2.35. The molecule has 3 heterocycles. The molecule has 3 aromatic heterocycles. The summed E-state index contributed by atoms with van der Waals surface area (Å²) in [6.07, 6.45) is -1.42. The molecule has 0 aliphatic heterocycles. The molecule has 1 aliphatic carbocycles. The van der Waals surface area contributed by atoms with E-state index in [0.717, 1.165) is 11.3 Å². The maximum atomic E-state index is 12.3. The van der Waals surface area contributed by atoms with Crippen LogP contribution in [0.4, 0.5) is 13.2 Å². The monoisotopic (exact) mass is 430 g/mol. The molecule has 1 saturated carbocycles. The maximum Gasteiger partial charge on any atom is 0.389 e. The molecular weight excluding hydrogens is 409 g/mol. The zero-order chi connectivity index (χ0) is 20.8. The molecule has 0 amide bonds. The molecule has 0 aromatic carbocycles. The minimum absolute atomic E-state index is 0.0339. The molecule has 4 rings (SSSR count). The van der Waals surface area contributed by atoms with E-state index in [4.69, 9.17) is 0 Å². The first kappa shape index (κ1) is 20.1. The fourth-order valence-corrected chi connectivity index (χ4v) is 5.46.